The summed E-state index contributed by atoms with van der Waals surface area (Å²) < 4.78 is 0. The minimum Gasteiger partial charge on any atom is -0.323 e. The zero-order valence-corrected chi connectivity index (χ0v) is 16.5. The van der Waals surface area contributed by atoms with Crippen LogP contribution in [0.25, 0.3) is 0 Å². The second kappa shape index (κ2) is 9.05. The first kappa shape index (κ1) is 19.4. The molecule has 7 nitrogen and oxygen atoms in total. The number of pyridine rings is 1. The summed E-state index contributed by atoms with van der Waals surface area (Å²) in [5.74, 6) is -0.230. The number of amides is 3. The van der Waals surface area contributed by atoms with Gasteiger partial charge < -0.3 is 15.5 Å². The van der Waals surface area contributed by atoms with Gasteiger partial charge in [0.05, 0.1) is 5.56 Å². The third kappa shape index (κ3) is 4.92. The third-order valence-corrected chi connectivity index (χ3v) is 5.64. The van der Waals surface area contributed by atoms with Gasteiger partial charge in [0.2, 0.25) is 0 Å². The van der Waals surface area contributed by atoms with Crippen LogP contribution in [0.15, 0.2) is 48.8 Å². The van der Waals surface area contributed by atoms with Gasteiger partial charge in [0.1, 0.15) is 0 Å². The van der Waals surface area contributed by atoms with Crippen molar-refractivity contribution in [3.05, 3.63) is 54.4 Å². The van der Waals surface area contributed by atoms with Crippen molar-refractivity contribution in [2.75, 3.05) is 36.8 Å². The number of nitrogens with one attached hydrogen (secondary N) is 2. The molecule has 0 bridgehead atoms. The van der Waals surface area contributed by atoms with Crippen molar-refractivity contribution in [1.29, 1.82) is 0 Å². The molecule has 152 valence electrons. The van der Waals surface area contributed by atoms with Crippen molar-refractivity contribution in [2.24, 2.45) is 0 Å². The highest BCUT2D eigenvalue weighted by atomic mass is 16.2. The molecule has 2 aliphatic rings. The molecule has 29 heavy (non-hydrogen) atoms. The summed E-state index contributed by atoms with van der Waals surface area (Å²) >= 11 is 0. The molecule has 7 heteroatoms. The van der Waals surface area contributed by atoms with Crippen LogP contribution in [0.1, 0.15) is 36.0 Å². The molecule has 2 N–H and O–H groups in total. The number of carbonyl (C=O) groups excluding carboxylic acids is 2. The maximum atomic E-state index is 12.8. The molecule has 0 spiro atoms. The maximum Gasteiger partial charge on any atom is 0.321 e. The van der Waals surface area contributed by atoms with E-state index >= 15 is 0 Å². The highest BCUT2D eigenvalue weighted by Gasteiger charge is 2.29. The fourth-order valence-corrected chi connectivity index (χ4v) is 4.12. The average Bonchev–Trinajstić information content (AvgIpc) is 3.30. The molecule has 2 aromatic rings. The Balaban J connectivity index is 1.36. The van der Waals surface area contributed by atoms with Gasteiger partial charge >= 0.3 is 6.03 Å². The van der Waals surface area contributed by atoms with Crippen molar-refractivity contribution in [1.82, 2.24) is 14.8 Å². The van der Waals surface area contributed by atoms with E-state index < -0.39 is 0 Å². The van der Waals surface area contributed by atoms with Crippen LogP contribution in [0.5, 0.6) is 0 Å². The first-order chi connectivity index (χ1) is 14.2. The van der Waals surface area contributed by atoms with E-state index in [0.717, 1.165) is 32.6 Å². The number of anilines is 2. The van der Waals surface area contributed by atoms with E-state index in [0.29, 0.717) is 23.0 Å². The van der Waals surface area contributed by atoms with Gasteiger partial charge in [-0.1, -0.05) is 6.07 Å². The summed E-state index contributed by atoms with van der Waals surface area (Å²) in [5.41, 5.74) is 1.79. The maximum absolute atomic E-state index is 12.8. The molecule has 0 saturated carbocycles. The molecule has 0 radical (unpaired) electrons. The summed E-state index contributed by atoms with van der Waals surface area (Å²) in [7, 11) is 0. The Morgan fingerprint density at radius 1 is 0.966 bits per heavy atom. The van der Waals surface area contributed by atoms with Crippen LogP contribution in [-0.2, 0) is 0 Å². The van der Waals surface area contributed by atoms with Gasteiger partial charge in [-0.2, -0.15) is 0 Å². The molecule has 4 rings (SSSR count). The SMILES string of the molecule is O=C(Nc1cccc(NC(=O)N2CCC[C@H](N3CCCC3)C2)c1)c1cccnc1. The fraction of sp³-hybridized carbons (Fsp3) is 0.409. The Labute approximate surface area is 171 Å². The van der Waals surface area contributed by atoms with Crippen molar-refractivity contribution in [3.8, 4) is 0 Å². The van der Waals surface area contributed by atoms with Crippen LogP contribution >= 0.6 is 0 Å². The van der Waals surface area contributed by atoms with Gasteiger partial charge in [0, 0.05) is 42.9 Å². The van der Waals surface area contributed by atoms with Gasteiger partial charge in [0.25, 0.3) is 5.91 Å². The zero-order valence-electron chi connectivity index (χ0n) is 16.5. The number of likely N-dealkylation sites (tertiary alicyclic amines) is 2. The van der Waals surface area contributed by atoms with Gasteiger partial charge in [-0.15, -0.1) is 0 Å². The third-order valence-electron chi connectivity index (χ3n) is 5.64. The lowest BCUT2D eigenvalue weighted by Gasteiger charge is -2.37. The van der Waals surface area contributed by atoms with E-state index in [-0.39, 0.29) is 11.9 Å². The van der Waals surface area contributed by atoms with E-state index in [9.17, 15) is 9.59 Å². The van der Waals surface area contributed by atoms with Gasteiger partial charge in [0.15, 0.2) is 0 Å². The predicted octanol–water partition coefficient (Wildman–Crippen LogP) is 3.43. The lowest BCUT2D eigenvalue weighted by molar-refractivity contribution is 0.102. The van der Waals surface area contributed by atoms with Crippen molar-refractivity contribution >= 4 is 23.3 Å². The Bertz CT molecular complexity index is 851. The van der Waals surface area contributed by atoms with E-state index in [4.69, 9.17) is 0 Å². The Kier molecular flexibility index (Phi) is 6.05. The number of nitrogens with zero attached hydrogens (tertiary/aromatic N) is 3. The summed E-state index contributed by atoms with van der Waals surface area (Å²) in [6.07, 6.45) is 7.88. The second-order valence-electron chi connectivity index (χ2n) is 7.69. The molecule has 3 heterocycles. The van der Waals surface area contributed by atoms with Crippen LogP contribution in [-0.4, -0.2) is 58.9 Å². The average molecular weight is 393 g/mol. The normalized spacial score (nSPS) is 19.7. The van der Waals surface area contributed by atoms with Gasteiger partial charge in [-0.3, -0.25) is 14.7 Å². The van der Waals surface area contributed by atoms with Crippen LogP contribution in [0.2, 0.25) is 0 Å². The van der Waals surface area contributed by atoms with Crippen molar-refractivity contribution in [2.45, 2.75) is 31.7 Å². The topological polar surface area (TPSA) is 77.6 Å². The number of carbonyl (C=O) groups is 2. The monoisotopic (exact) mass is 393 g/mol. The zero-order chi connectivity index (χ0) is 20.1. The molecule has 1 aromatic carbocycles. The molecule has 2 saturated heterocycles. The first-order valence-electron chi connectivity index (χ1n) is 10.3. The number of aromatic nitrogens is 1. The van der Waals surface area contributed by atoms with Crippen LogP contribution in [0.3, 0.4) is 0 Å². The summed E-state index contributed by atoms with van der Waals surface area (Å²) in [6.45, 7) is 3.87. The van der Waals surface area contributed by atoms with E-state index in [2.05, 4.69) is 20.5 Å². The van der Waals surface area contributed by atoms with E-state index in [1.54, 1.807) is 30.5 Å². The van der Waals surface area contributed by atoms with Crippen LogP contribution in [0, 0.1) is 0 Å². The summed E-state index contributed by atoms with van der Waals surface area (Å²) in [5, 5.41) is 5.83. The fourth-order valence-electron chi connectivity index (χ4n) is 4.12. The Morgan fingerprint density at radius 3 is 2.52 bits per heavy atom. The van der Waals surface area contributed by atoms with Gasteiger partial charge in [-0.05, 0) is 69.1 Å². The van der Waals surface area contributed by atoms with Crippen LogP contribution in [0.4, 0.5) is 16.2 Å². The van der Waals surface area contributed by atoms with Gasteiger partial charge in [-0.25, -0.2) is 4.79 Å². The largest absolute Gasteiger partial charge is 0.323 e. The molecule has 3 amide bonds. The minimum absolute atomic E-state index is 0.0790. The first-order valence-corrected chi connectivity index (χ1v) is 10.3. The van der Waals surface area contributed by atoms with Crippen molar-refractivity contribution in [3.63, 3.8) is 0 Å². The molecule has 0 unspecified atom stereocenters. The minimum atomic E-state index is -0.230. The number of hydrogen-bond acceptors (Lipinski definition) is 4. The van der Waals surface area contributed by atoms with E-state index in [1.807, 2.05) is 17.0 Å². The molecule has 1 atom stereocenters. The van der Waals surface area contributed by atoms with E-state index in [1.165, 1.54) is 25.5 Å². The highest BCUT2D eigenvalue weighted by molar-refractivity contribution is 6.04. The number of benzene rings is 1. The smallest absolute Gasteiger partial charge is 0.321 e. The molecule has 1 aromatic heterocycles. The number of hydrogen-bond donors (Lipinski definition) is 2. The van der Waals surface area contributed by atoms with Crippen LogP contribution < -0.4 is 10.6 Å². The standard InChI is InChI=1S/C22H27N5O2/c28-21(17-6-4-10-23-15-17)24-18-7-3-8-19(14-18)25-22(29)27-13-5-9-20(16-27)26-11-1-2-12-26/h3-4,6-8,10,14-15,20H,1-2,5,9,11-13,16H2,(H,24,28)(H,25,29)/t20-/m0/s1. The number of piperidine rings is 1. The highest BCUT2D eigenvalue weighted by Crippen LogP contribution is 2.22. The molecule has 0 aliphatic carbocycles. The van der Waals surface area contributed by atoms with Crippen molar-refractivity contribution < 1.29 is 9.59 Å². The number of rotatable bonds is 4. The summed E-state index contributed by atoms with van der Waals surface area (Å²) in [6, 6.07) is 11.0. The lowest BCUT2D eigenvalue weighted by Crippen LogP contribution is -2.50. The second-order valence-corrected chi connectivity index (χ2v) is 7.69. The summed E-state index contributed by atoms with van der Waals surface area (Å²) in [4.78, 5) is 33.5. The quantitative estimate of drug-likeness (QED) is 0.834. The lowest BCUT2D eigenvalue weighted by atomic mass is 10.0. The number of urea groups is 1. The Hall–Kier alpha value is -2.93. The molecular formula is C22H27N5O2. The predicted molar refractivity (Wildman–Crippen MR) is 113 cm³/mol. The Morgan fingerprint density at radius 2 is 1.76 bits per heavy atom. The molecular weight excluding hydrogens is 366 g/mol. The molecule has 2 aliphatic heterocycles. The molecule has 2 fully saturated rings.